The van der Waals surface area contributed by atoms with Crippen LogP contribution in [-0.4, -0.2) is 16.0 Å². The van der Waals surface area contributed by atoms with Crippen molar-refractivity contribution in [2.45, 2.75) is 6.18 Å². The van der Waals surface area contributed by atoms with Crippen LogP contribution >= 0.6 is 0 Å². The first-order chi connectivity index (χ1) is 14.4. The summed E-state index contributed by atoms with van der Waals surface area (Å²) in [7, 11) is 0. The lowest BCUT2D eigenvalue weighted by Gasteiger charge is -2.09. The van der Waals surface area contributed by atoms with Gasteiger partial charge in [-0.25, -0.2) is 9.78 Å². The summed E-state index contributed by atoms with van der Waals surface area (Å²) in [6.45, 7) is 0. The molecule has 6 nitrogen and oxygen atoms in total. The Morgan fingerprint density at radius 3 is 2.27 bits per heavy atom. The number of fused-ring (bicyclic) bond motifs is 1. The number of rotatable bonds is 4. The molecule has 3 aromatic carbocycles. The summed E-state index contributed by atoms with van der Waals surface area (Å²) in [5, 5.41) is 5.14. The summed E-state index contributed by atoms with van der Waals surface area (Å²) in [5.74, 6) is 0.149. The number of carbonyl (C=O) groups excluding carboxylic acids is 1. The van der Waals surface area contributed by atoms with Gasteiger partial charge in [0.2, 0.25) is 5.82 Å². The van der Waals surface area contributed by atoms with Crippen LogP contribution < -0.4 is 15.4 Å². The molecule has 152 valence electrons. The van der Waals surface area contributed by atoms with E-state index in [1.807, 2.05) is 30.3 Å². The van der Waals surface area contributed by atoms with Gasteiger partial charge in [0.25, 0.3) is 0 Å². The van der Waals surface area contributed by atoms with Gasteiger partial charge in [-0.1, -0.05) is 24.3 Å². The lowest BCUT2D eigenvalue weighted by Crippen LogP contribution is -2.19. The fraction of sp³-hybridized carbons (Fsp3) is 0.0476. The minimum absolute atomic E-state index is 0.0200. The number of nitrogens with zero attached hydrogens (tertiary/aromatic N) is 1. The number of hydrogen-bond acceptors (Lipinski definition) is 3. The first-order valence-electron chi connectivity index (χ1n) is 8.85. The molecule has 0 aliphatic carbocycles. The fourth-order valence-corrected chi connectivity index (χ4v) is 2.78. The van der Waals surface area contributed by atoms with Crippen LogP contribution in [0.15, 0.2) is 72.8 Å². The molecule has 0 bridgehead atoms. The van der Waals surface area contributed by atoms with Crippen LogP contribution in [-0.2, 0) is 6.18 Å². The molecule has 2 amide bonds. The van der Waals surface area contributed by atoms with Gasteiger partial charge >= 0.3 is 12.2 Å². The highest BCUT2D eigenvalue weighted by atomic mass is 19.4. The van der Waals surface area contributed by atoms with Gasteiger partial charge in [-0.2, -0.15) is 13.2 Å². The van der Waals surface area contributed by atoms with Gasteiger partial charge in [0.15, 0.2) is 0 Å². The first kappa shape index (κ1) is 19.3. The Hall–Kier alpha value is -4.01. The Bertz CT molecular complexity index is 1170. The normalized spacial score (nSPS) is 11.3. The van der Waals surface area contributed by atoms with E-state index >= 15 is 0 Å². The van der Waals surface area contributed by atoms with Crippen LogP contribution in [0, 0.1) is 0 Å². The van der Waals surface area contributed by atoms with Crippen LogP contribution in [0.1, 0.15) is 5.82 Å². The molecule has 0 aliphatic heterocycles. The number of H-pyrrole nitrogens is 1. The molecule has 0 radical (unpaired) electrons. The topological polar surface area (TPSA) is 79.0 Å². The van der Waals surface area contributed by atoms with Gasteiger partial charge in [-0.05, 0) is 48.5 Å². The second kappa shape index (κ2) is 7.78. The molecule has 0 saturated carbocycles. The van der Waals surface area contributed by atoms with Crippen molar-refractivity contribution in [2.75, 3.05) is 10.6 Å². The van der Waals surface area contributed by atoms with Gasteiger partial charge in [0.05, 0.1) is 11.2 Å². The number of hydrogen-bond donors (Lipinski definition) is 3. The quantitative estimate of drug-likeness (QED) is 0.384. The van der Waals surface area contributed by atoms with E-state index in [2.05, 4.69) is 20.6 Å². The van der Waals surface area contributed by atoms with Crippen molar-refractivity contribution in [3.05, 3.63) is 78.6 Å². The molecule has 0 saturated heterocycles. The molecule has 0 spiro atoms. The molecule has 30 heavy (non-hydrogen) atoms. The highest BCUT2D eigenvalue weighted by Crippen LogP contribution is 2.31. The number of imidazole rings is 1. The summed E-state index contributed by atoms with van der Waals surface area (Å²) in [6, 6.07) is 19.7. The highest BCUT2D eigenvalue weighted by Gasteiger charge is 2.35. The largest absolute Gasteiger partial charge is 0.457 e. The molecule has 0 aliphatic rings. The fourth-order valence-electron chi connectivity index (χ4n) is 2.78. The zero-order valence-corrected chi connectivity index (χ0v) is 15.3. The van der Waals surface area contributed by atoms with E-state index in [9.17, 15) is 18.0 Å². The predicted molar refractivity (Wildman–Crippen MR) is 107 cm³/mol. The van der Waals surface area contributed by atoms with E-state index in [0.29, 0.717) is 17.2 Å². The number of benzene rings is 3. The molecule has 0 fully saturated rings. The molecular weight excluding hydrogens is 397 g/mol. The average molecular weight is 412 g/mol. The summed E-state index contributed by atoms with van der Waals surface area (Å²) >= 11 is 0. The maximum Gasteiger partial charge on any atom is 0.449 e. The van der Waals surface area contributed by atoms with E-state index < -0.39 is 18.0 Å². The summed E-state index contributed by atoms with van der Waals surface area (Å²) in [6.07, 6.45) is -4.61. The van der Waals surface area contributed by atoms with E-state index in [4.69, 9.17) is 4.74 Å². The maximum atomic E-state index is 12.9. The van der Waals surface area contributed by atoms with Crippen molar-refractivity contribution < 1.29 is 22.7 Å². The SMILES string of the molecule is O=C(Nc1ccc(Oc2ccccc2)cc1)Nc1cccc2[nH]c(C(F)(F)F)nc12. The number of nitrogens with one attached hydrogen (secondary N) is 3. The number of amides is 2. The number of aromatic nitrogens is 2. The summed E-state index contributed by atoms with van der Waals surface area (Å²) < 4.78 is 44.3. The van der Waals surface area contributed by atoms with E-state index in [-0.39, 0.29) is 16.7 Å². The van der Waals surface area contributed by atoms with Crippen molar-refractivity contribution in [3.63, 3.8) is 0 Å². The summed E-state index contributed by atoms with van der Waals surface area (Å²) in [5.41, 5.74) is 0.827. The number of ether oxygens (including phenoxy) is 1. The van der Waals surface area contributed by atoms with Gasteiger partial charge in [0.1, 0.15) is 17.0 Å². The second-order valence-corrected chi connectivity index (χ2v) is 6.30. The minimum Gasteiger partial charge on any atom is -0.457 e. The monoisotopic (exact) mass is 412 g/mol. The summed E-state index contributed by atoms with van der Waals surface area (Å²) in [4.78, 5) is 18.1. The minimum atomic E-state index is -4.61. The van der Waals surface area contributed by atoms with Crippen LogP contribution in [0.3, 0.4) is 0 Å². The third-order valence-electron chi connectivity index (χ3n) is 4.12. The lowest BCUT2D eigenvalue weighted by atomic mass is 10.2. The molecule has 1 heterocycles. The number of alkyl halides is 3. The lowest BCUT2D eigenvalue weighted by molar-refractivity contribution is -0.144. The third-order valence-corrected chi connectivity index (χ3v) is 4.12. The molecule has 0 unspecified atom stereocenters. The average Bonchev–Trinajstić information content (AvgIpc) is 3.16. The van der Waals surface area contributed by atoms with Gasteiger partial charge in [-0.15, -0.1) is 0 Å². The van der Waals surface area contributed by atoms with Crippen LogP contribution in [0.2, 0.25) is 0 Å². The number of halogens is 3. The zero-order valence-electron chi connectivity index (χ0n) is 15.3. The van der Waals surface area contributed by atoms with Crippen molar-refractivity contribution >= 4 is 28.4 Å². The first-order valence-corrected chi connectivity index (χ1v) is 8.85. The van der Waals surface area contributed by atoms with E-state index in [1.54, 1.807) is 24.3 Å². The van der Waals surface area contributed by atoms with Gasteiger partial charge in [0, 0.05) is 5.69 Å². The van der Waals surface area contributed by atoms with E-state index in [0.717, 1.165) is 0 Å². The Kier molecular flexibility index (Phi) is 5.01. The van der Waals surface area contributed by atoms with Gasteiger partial charge in [-0.3, -0.25) is 0 Å². The molecule has 4 rings (SSSR count). The Morgan fingerprint density at radius 2 is 1.57 bits per heavy atom. The highest BCUT2D eigenvalue weighted by molar-refractivity contribution is 6.04. The molecule has 9 heteroatoms. The van der Waals surface area contributed by atoms with Crippen LogP contribution in [0.4, 0.5) is 29.3 Å². The second-order valence-electron chi connectivity index (χ2n) is 6.30. The number of para-hydroxylation sites is 2. The van der Waals surface area contributed by atoms with Crippen LogP contribution in [0.25, 0.3) is 11.0 Å². The number of anilines is 2. The number of urea groups is 1. The van der Waals surface area contributed by atoms with Crippen molar-refractivity contribution in [3.8, 4) is 11.5 Å². The number of aromatic amines is 1. The molecule has 1 aromatic heterocycles. The molecular formula is C21H15F3N4O2. The molecule has 4 aromatic rings. The third kappa shape index (κ3) is 4.35. The molecule has 3 N–H and O–H groups in total. The van der Waals surface area contributed by atoms with Gasteiger partial charge < -0.3 is 20.4 Å². The van der Waals surface area contributed by atoms with E-state index in [1.165, 1.54) is 18.2 Å². The van der Waals surface area contributed by atoms with Crippen molar-refractivity contribution in [1.29, 1.82) is 0 Å². The molecule has 0 atom stereocenters. The van der Waals surface area contributed by atoms with Crippen molar-refractivity contribution in [2.24, 2.45) is 0 Å². The number of carbonyl (C=O) groups is 1. The van der Waals surface area contributed by atoms with Crippen molar-refractivity contribution in [1.82, 2.24) is 9.97 Å². The maximum absolute atomic E-state index is 12.9. The Labute approximate surface area is 168 Å². The zero-order chi connectivity index (χ0) is 21.1. The predicted octanol–water partition coefficient (Wildman–Crippen LogP) is 6.02. The smallest absolute Gasteiger partial charge is 0.449 e. The standard InChI is InChI=1S/C21H15F3N4O2/c22-21(23,24)19-26-16-7-4-8-17(18(16)28-19)27-20(29)25-13-9-11-15(12-10-13)30-14-5-2-1-3-6-14/h1-12H,(H,26,28)(H2,25,27,29). The Morgan fingerprint density at radius 1 is 0.867 bits per heavy atom. The van der Waals surface area contributed by atoms with Crippen LogP contribution in [0.5, 0.6) is 11.5 Å². The Balaban J connectivity index is 1.44.